The minimum atomic E-state index is -0.872. The smallest absolute Gasteiger partial charge is 0.311 e. The van der Waals surface area contributed by atoms with Gasteiger partial charge in [0.15, 0.2) is 0 Å². The number of hydrogen-bond donors (Lipinski definition) is 3. The number of carboxylic acids is 1. The summed E-state index contributed by atoms with van der Waals surface area (Å²) in [4.78, 5) is 22.6. The van der Waals surface area contributed by atoms with Gasteiger partial charge in [-0.3, -0.25) is 9.59 Å². The van der Waals surface area contributed by atoms with Crippen LogP contribution in [0.5, 0.6) is 0 Å². The Bertz CT molecular complexity index is 250. The molecule has 0 saturated carbocycles. The Morgan fingerprint density at radius 1 is 1.31 bits per heavy atom. The zero-order valence-electron chi connectivity index (χ0n) is 10.2. The molecule has 0 unspecified atom stereocenters. The van der Waals surface area contributed by atoms with Gasteiger partial charge in [-0.2, -0.15) is 0 Å². The summed E-state index contributed by atoms with van der Waals surface area (Å²) in [6, 6.07) is -0.555. The standard InChI is InChI=1S/C11H22N2O3/c1-4-8(12)9(14)13-7-11(5-2,6-3)10(15)16/h8H,4-7,12H2,1-3H3,(H,13,14)(H,15,16)/t8-/m1/s1. The molecule has 0 saturated heterocycles. The third kappa shape index (κ3) is 3.48. The van der Waals surface area contributed by atoms with E-state index in [1.54, 1.807) is 0 Å². The monoisotopic (exact) mass is 230 g/mol. The van der Waals surface area contributed by atoms with Gasteiger partial charge in [-0.15, -0.1) is 0 Å². The minimum Gasteiger partial charge on any atom is -0.481 e. The Morgan fingerprint density at radius 2 is 1.81 bits per heavy atom. The molecule has 0 aliphatic rings. The molecule has 0 radical (unpaired) electrons. The van der Waals surface area contributed by atoms with Crippen molar-refractivity contribution in [3.8, 4) is 0 Å². The Labute approximate surface area is 96.4 Å². The van der Waals surface area contributed by atoms with Gasteiger partial charge in [-0.05, 0) is 19.3 Å². The fourth-order valence-electron chi connectivity index (χ4n) is 1.45. The first-order valence-electron chi connectivity index (χ1n) is 5.70. The highest BCUT2D eigenvalue weighted by Crippen LogP contribution is 2.25. The predicted molar refractivity (Wildman–Crippen MR) is 61.9 cm³/mol. The molecule has 0 aromatic carbocycles. The molecule has 16 heavy (non-hydrogen) atoms. The molecule has 94 valence electrons. The molecule has 0 aliphatic carbocycles. The van der Waals surface area contributed by atoms with Crippen LogP contribution in [0.25, 0.3) is 0 Å². The number of amides is 1. The van der Waals surface area contributed by atoms with Gasteiger partial charge >= 0.3 is 5.97 Å². The van der Waals surface area contributed by atoms with Crippen molar-refractivity contribution < 1.29 is 14.7 Å². The van der Waals surface area contributed by atoms with E-state index < -0.39 is 17.4 Å². The number of nitrogens with two attached hydrogens (primary N) is 1. The van der Waals surface area contributed by atoms with Crippen LogP contribution in [0.3, 0.4) is 0 Å². The van der Waals surface area contributed by atoms with Crippen molar-refractivity contribution in [1.82, 2.24) is 5.32 Å². The molecule has 0 aliphatic heterocycles. The lowest BCUT2D eigenvalue weighted by Crippen LogP contribution is -2.47. The van der Waals surface area contributed by atoms with E-state index in [4.69, 9.17) is 10.8 Å². The zero-order valence-corrected chi connectivity index (χ0v) is 10.2. The number of carbonyl (C=O) groups is 2. The van der Waals surface area contributed by atoms with Gasteiger partial charge in [0.25, 0.3) is 0 Å². The van der Waals surface area contributed by atoms with Crippen molar-refractivity contribution in [2.24, 2.45) is 11.1 Å². The highest BCUT2D eigenvalue weighted by molar-refractivity contribution is 5.82. The highest BCUT2D eigenvalue weighted by atomic mass is 16.4. The third-order valence-electron chi connectivity index (χ3n) is 3.18. The molecule has 1 amide bonds. The first-order chi connectivity index (χ1) is 7.43. The molecule has 5 heteroatoms. The molecule has 0 fully saturated rings. The molecule has 0 aromatic heterocycles. The Kier molecular flexibility index (Phi) is 6.03. The fourth-order valence-corrected chi connectivity index (χ4v) is 1.45. The van der Waals surface area contributed by atoms with Crippen molar-refractivity contribution in [3.05, 3.63) is 0 Å². The Hall–Kier alpha value is -1.10. The second-order valence-electron chi connectivity index (χ2n) is 4.03. The lowest BCUT2D eigenvalue weighted by Gasteiger charge is -2.27. The number of carboxylic acid groups (broad SMARTS) is 1. The second-order valence-corrected chi connectivity index (χ2v) is 4.03. The molecule has 5 nitrogen and oxygen atoms in total. The maximum absolute atomic E-state index is 11.4. The summed E-state index contributed by atoms with van der Waals surface area (Å²) in [6.07, 6.45) is 1.52. The van der Waals surface area contributed by atoms with Crippen LogP contribution >= 0.6 is 0 Å². The van der Waals surface area contributed by atoms with Crippen molar-refractivity contribution in [1.29, 1.82) is 0 Å². The lowest BCUT2D eigenvalue weighted by molar-refractivity contribution is -0.149. The van der Waals surface area contributed by atoms with Crippen LogP contribution in [0.1, 0.15) is 40.0 Å². The average molecular weight is 230 g/mol. The summed E-state index contributed by atoms with van der Waals surface area (Å²) in [5, 5.41) is 11.8. The molecule has 0 bridgehead atoms. The largest absolute Gasteiger partial charge is 0.481 e. The number of rotatable bonds is 7. The van der Waals surface area contributed by atoms with Gasteiger partial charge in [0.1, 0.15) is 0 Å². The number of aliphatic carboxylic acids is 1. The summed E-state index contributed by atoms with van der Waals surface area (Å²) < 4.78 is 0. The first-order valence-corrected chi connectivity index (χ1v) is 5.70. The fraction of sp³-hybridized carbons (Fsp3) is 0.818. The molecule has 0 spiro atoms. The molecule has 0 rings (SSSR count). The lowest BCUT2D eigenvalue weighted by atomic mass is 9.82. The van der Waals surface area contributed by atoms with Gasteiger partial charge in [0.2, 0.25) is 5.91 Å². The summed E-state index contributed by atoms with van der Waals surface area (Å²) >= 11 is 0. The van der Waals surface area contributed by atoms with Crippen molar-refractivity contribution in [2.45, 2.75) is 46.1 Å². The van der Waals surface area contributed by atoms with Crippen LogP contribution < -0.4 is 11.1 Å². The zero-order chi connectivity index (χ0) is 12.8. The highest BCUT2D eigenvalue weighted by Gasteiger charge is 2.35. The van der Waals surface area contributed by atoms with E-state index in [9.17, 15) is 9.59 Å². The summed E-state index contributed by atoms with van der Waals surface area (Å²) in [7, 11) is 0. The van der Waals surface area contributed by atoms with Gasteiger partial charge < -0.3 is 16.2 Å². The van der Waals surface area contributed by atoms with Crippen LogP contribution in [-0.4, -0.2) is 29.6 Å². The average Bonchev–Trinajstić information content (AvgIpc) is 2.29. The molecule has 1 atom stereocenters. The van der Waals surface area contributed by atoms with Crippen molar-refractivity contribution in [3.63, 3.8) is 0 Å². The van der Waals surface area contributed by atoms with E-state index in [2.05, 4.69) is 5.32 Å². The maximum atomic E-state index is 11.4. The second kappa shape index (κ2) is 6.48. The maximum Gasteiger partial charge on any atom is 0.311 e. The summed E-state index contributed by atoms with van der Waals surface area (Å²) in [6.45, 7) is 5.57. The van der Waals surface area contributed by atoms with E-state index in [0.717, 1.165) is 0 Å². The van der Waals surface area contributed by atoms with Gasteiger partial charge in [-0.25, -0.2) is 0 Å². The van der Waals surface area contributed by atoms with Crippen molar-refractivity contribution in [2.75, 3.05) is 6.54 Å². The Morgan fingerprint density at radius 3 is 2.12 bits per heavy atom. The van der Waals surface area contributed by atoms with Crippen LogP contribution in [0.15, 0.2) is 0 Å². The van der Waals surface area contributed by atoms with Crippen molar-refractivity contribution >= 4 is 11.9 Å². The van der Waals surface area contributed by atoms with Gasteiger partial charge in [-0.1, -0.05) is 20.8 Å². The molecule has 0 heterocycles. The van der Waals surface area contributed by atoms with Crippen LogP contribution in [0, 0.1) is 5.41 Å². The van der Waals surface area contributed by atoms with Gasteiger partial charge in [0.05, 0.1) is 11.5 Å². The third-order valence-corrected chi connectivity index (χ3v) is 3.18. The molecular weight excluding hydrogens is 208 g/mol. The summed E-state index contributed by atoms with van der Waals surface area (Å²) in [5.41, 5.74) is 4.67. The molecular formula is C11H22N2O3. The van der Waals surface area contributed by atoms with E-state index in [0.29, 0.717) is 19.3 Å². The van der Waals surface area contributed by atoms with Crippen LogP contribution in [0.4, 0.5) is 0 Å². The molecule has 0 aromatic rings. The normalized spacial score (nSPS) is 13.2. The number of hydrogen-bond acceptors (Lipinski definition) is 3. The number of nitrogens with one attached hydrogen (secondary N) is 1. The summed E-state index contributed by atoms with van der Waals surface area (Å²) in [5.74, 6) is -1.15. The SMILES string of the molecule is CC[C@@H](N)C(=O)NCC(CC)(CC)C(=O)O. The minimum absolute atomic E-state index is 0.141. The Balaban J connectivity index is 4.44. The van der Waals surface area contributed by atoms with E-state index in [1.165, 1.54) is 0 Å². The topological polar surface area (TPSA) is 92.4 Å². The van der Waals surface area contributed by atoms with Gasteiger partial charge in [0, 0.05) is 6.54 Å². The van der Waals surface area contributed by atoms with E-state index in [1.807, 2.05) is 20.8 Å². The molecule has 4 N–H and O–H groups in total. The van der Waals surface area contributed by atoms with E-state index >= 15 is 0 Å². The number of carbonyl (C=O) groups excluding carboxylic acids is 1. The van der Waals surface area contributed by atoms with Crippen LogP contribution in [0.2, 0.25) is 0 Å². The van der Waals surface area contributed by atoms with E-state index in [-0.39, 0.29) is 12.5 Å². The predicted octanol–water partition coefficient (Wildman–Crippen LogP) is 0.731. The quantitative estimate of drug-likeness (QED) is 0.601. The van der Waals surface area contributed by atoms with Crippen LogP contribution in [-0.2, 0) is 9.59 Å². The first kappa shape index (κ1) is 14.9.